The Kier molecular flexibility index (Phi) is 11.7. The Labute approximate surface area is 167 Å². The number of amides is 1. The minimum absolute atomic E-state index is 0. The van der Waals surface area contributed by atoms with Gasteiger partial charge < -0.3 is 20.3 Å². The van der Waals surface area contributed by atoms with Crippen LogP contribution < -0.4 is 15.4 Å². The predicted molar refractivity (Wildman–Crippen MR) is 114 cm³/mol. The second-order valence-electron chi connectivity index (χ2n) is 5.75. The van der Waals surface area contributed by atoms with Gasteiger partial charge in [0.2, 0.25) is 5.91 Å². The Bertz CT molecular complexity index is 588. The van der Waals surface area contributed by atoms with Crippen molar-refractivity contribution < 1.29 is 9.53 Å². The van der Waals surface area contributed by atoms with Crippen LogP contribution in [0.25, 0.3) is 0 Å². The third-order valence-corrected chi connectivity index (χ3v) is 3.31. The number of methoxy groups -OCH3 is 1. The van der Waals surface area contributed by atoms with Crippen molar-refractivity contribution in [2.45, 2.75) is 13.3 Å². The molecule has 0 bridgehead atoms. The van der Waals surface area contributed by atoms with E-state index in [1.165, 1.54) is 4.90 Å². The average Bonchev–Trinajstić information content (AvgIpc) is 2.56. The van der Waals surface area contributed by atoms with E-state index in [1.54, 1.807) is 21.2 Å². The molecule has 2 N–H and O–H groups in total. The first kappa shape index (κ1) is 23.2. The summed E-state index contributed by atoms with van der Waals surface area (Å²) in [4.78, 5) is 17.5. The fraction of sp³-hybridized carbons (Fsp3) is 0.444. The van der Waals surface area contributed by atoms with Crippen LogP contribution in [0.1, 0.15) is 12.5 Å². The van der Waals surface area contributed by atoms with Gasteiger partial charge in [-0.15, -0.1) is 24.0 Å². The lowest BCUT2D eigenvalue weighted by Crippen LogP contribution is -2.40. The number of halogens is 1. The highest BCUT2D eigenvalue weighted by molar-refractivity contribution is 14.0. The molecule has 0 heterocycles. The predicted octanol–water partition coefficient (Wildman–Crippen LogP) is 2.06. The first-order chi connectivity index (χ1) is 11.4. The van der Waals surface area contributed by atoms with Crippen molar-refractivity contribution >= 4 is 35.8 Å². The summed E-state index contributed by atoms with van der Waals surface area (Å²) in [6.45, 7) is 7.19. The summed E-state index contributed by atoms with van der Waals surface area (Å²) >= 11 is 0. The second kappa shape index (κ2) is 12.6. The number of rotatable bonds is 8. The zero-order valence-corrected chi connectivity index (χ0v) is 17.8. The van der Waals surface area contributed by atoms with Crippen molar-refractivity contribution in [3.63, 3.8) is 0 Å². The largest absolute Gasteiger partial charge is 0.496 e. The Morgan fingerprint density at radius 1 is 1.28 bits per heavy atom. The summed E-state index contributed by atoms with van der Waals surface area (Å²) in [5.74, 6) is 1.43. The van der Waals surface area contributed by atoms with E-state index in [1.807, 2.05) is 31.2 Å². The lowest BCUT2D eigenvalue weighted by Gasteiger charge is -2.14. The van der Waals surface area contributed by atoms with Crippen LogP contribution in [0.3, 0.4) is 0 Å². The van der Waals surface area contributed by atoms with E-state index in [4.69, 9.17) is 4.74 Å². The number of hydrogen-bond acceptors (Lipinski definition) is 3. The highest BCUT2D eigenvalue weighted by Crippen LogP contribution is 2.17. The molecule has 0 aliphatic rings. The molecule has 0 unspecified atom stereocenters. The number of guanidine groups is 1. The Morgan fingerprint density at radius 2 is 1.96 bits per heavy atom. The van der Waals surface area contributed by atoms with Crippen LogP contribution >= 0.6 is 24.0 Å². The minimum Gasteiger partial charge on any atom is -0.496 e. The molecular formula is C18H29IN4O2. The number of nitrogens with zero attached hydrogens (tertiary/aromatic N) is 2. The lowest BCUT2D eigenvalue weighted by atomic mass is 10.1. The van der Waals surface area contributed by atoms with Gasteiger partial charge in [-0.1, -0.05) is 30.4 Å². The summed E-state index contributed by atoms with van der Waals surface area (Å²) in [5.41, 5.74) is 2.12. The number of ether oxygens (including phenoxy) is 1. The number of carbonyl (C=O) groups excluding carboxylic acids is 1. The monoisotopic (exact) mass is 460 g/mol. The maximum Gasteiger partial charge on any atom is 0.243 e. The van der Waals surface area contributed by atoms with Crippen molar-refractivity contribution in [3.05, 3.63) is 42.0 Å². The van der Waals surface area contributed by atoms with Crippen molar-refractivity contribution in [3.8, 4) is 5.75 Å². The van der Waals surface area contributed by atoms with Gasteiger partial charge in [0.25, 0.3) is 0 Å². The van der Waals surface area contributed by atoms with Gasteiger partial charge in [-0.3, -0.25) is 4.79 Å². The molecule has 1 amide bonds. The molecule has 0 radical (unpaired) electrons. The topological polar surface area (TPSA) is 66.0 Å². The maximum absolute atomic E-state index is 11.7. The Balaban J connectivity index is 0.00000576. The van der Waals surface area contributed by atoms with Crippen LogP contribution in [-0.4, -0.2) is 57.6 Å². The third-order valence-electron chi connectivity index (χ3n) is 3.31. The zero-order valence-electron chi connectivity index (χ0n) is 15.5. The number of nitrogens with one attached hydrogen (secondary N) is 2. The molecule has 7 heteroatoms. The molecule has 140 valence electrons. The molecule has 0 aromatic heterocycles. The van der Waals surface area contributed by atoms with Crippen molar-refractivity contribution in [1.29, 1.82) is 0 Å². The molecule has 1 rings (SSSR count). The number of aliphatic imine (C=N–C) groups is 1. The molecule has 0 fully saturated rings. The van der Waals surface area contributed by atoms with Crippen molar-refractivity contribution in [1.82, 2.24) is 15.5 Å². The summed E-state index contributed by atoms with van der Waals surface area (Å²) in [6, 6.07) is 7.92. The SMILES string of the molecule is C=C(C)CNC(=NCC(=O)N(C)C)NCCc1ccccc1OC.I. The normalized spacial score (nSPS) is 10.5. The zero-order chi connectivity index (χ0) is 17.9. The summed E-state index contributed by atoms with van der Waals surface area (Å²) in [6.07, 6.45) is 0.791. The average molecular weight is 460 g/mol. The summed E-state index contributed by atoms with van der Waals surface area (Å²) in [7, 11) is 5.10. The third kappa shape index (κ3) is 9.33. The van der Waals surface area contributed by atoms with Crippen LogP contribution in [0, 0.1) is 0 Å². The fourth-order valence-electron chi connectivity index (χ4n) is 1.92. The van der Waals surface area contributed by atoms with E-state index in [9.17, 15) is 4.79 Å². The van der Waals surface area contributed by atoms with E-state index in [-0.39, 0.29) is 36.4 Å². The summed E-state index contributed by atoms with van der Waals surface area (Å²) < 4.78 is 5.35. The van der Waals surface area contributed by atoms with E-state index in [0.717, 1.165) is 23.3 Å². The number of likely N-dealkylation sites (N-methyl/N-ethyl adjacent to an activating group) is 1. The number of carbonyl (C=O) groups is 1. The van der Waals surface area contributed by atoms with Gasteiger partial charge in [-0.2, -0.15) is 0 Å². The van der Waals surface area contributed by atoms with E-state index >= 15 is 0 Å². The standard InChI is InChI=1S/C18H28N4O2.HI/c1-14(2)12-20-18(21-13-17(23)22(3)4)19-11-10-15-8-6-7-9-16(15)24-5;/h6-9H,1,10-13H2,2-5H3,(H2,19,20,21);1H. The highest BCUT2D eigenvalue weighted by Gasteiger charge is 2.06. The highest BCUT2D eigenvalue weighted by atomic mass is 127. The molecular weight excluding hydrogens is 431 g/mol. The van der Waals surface area contributed by atoms with Crippen LogP contribution in [0.4, 0.5) is 0 Å². The molecule has 6 nitrogen and oxygen atoms in total. The van der Waals surface area contributed by atoms with Crippen LogP contribution in [0.5, 0.6) is 5.75 Å². The molecule has 0 atom stereocenters. The van der Waals surface area contributed by atoms with E-state index in [0.29, 0.717) is 19.0 Å². The molecule has 0 saturated heterocycles. The molecule has 0 aliphatic carbocycles. The second-order valence-corrected chi connectivity index (χ2v) is 5.75. The van der Waals surface area contributed by atoms with Gasteiger partial charge in [0.1, 0.15) is 12.3 Å². The first-order valence-electron chi connectivity index (χ1n) is 7.92. The van der Waals surface area contributed by atoms with Crippen LogP contribution in [0.15, 0.2) is 41.4 Å². The number of benzene rings is 1. The Hall–Kier alpha value is -1.77. The van der Waals surface area contributed by atoms with Crippen LogP contribution in [0.2, 0.25) is 0 Å². The number of hydrogen-bond donors (Lipinski definition) is 2. The maximum atomic E-state index is 11.7. The van der Waals surface area contributed by atoms with E-state index in [2.05, 4.69) is 22.2 Å². The van der Waals surface area contributed by atoms with Gasteiger partial charge in [0.05, 0.1) is 7.11 Å². The van der Waals surface area contributed by atoms with Gasteiger partial charge in [0.15, 0.2) is 5.96 Å². The van der Waals surface area contributed by atoms with Crippen LogP contribution in [-0.2, 0) is 11.2 Å². The molecule has 1 aromatic carbocycles. The molecule has 1 aromatic rings. The number of para-hydroxylation sites is 1. The van der Waals surface area contributed by atoms with Gasteiger partial charge in [-0.25, -0.2) is 4.99 Å². The van der Waals surface area contributed by atoms with Gasteiger partial charge in [0, 0.05) is 27.2 Å². The molecule has 0 aliphatic heterocycles. The quantitative estimate of drug-likeness (QED) is 0.270. The summed E-state index contributed by atoms with van der Waals surface area (Å²) in [5, 5.41) is 6.41. The van der Waals surface area contributed by atoms with Gasteiger partial charge >= 0.3 is 0 Å². The lowest BCUT2D eigenvalue weighted by molar-refractivity contribution is -0.127. The van der Waals surface area contributed by atoms with Gasteiger partial charge in [-0.05, 0) is 25.0 Å². The fourth-order valence-corrected chi connectivity index (χ4v) is 1.92. The molecule has 0 saturated carbocycles. The van der Waals surface area contributed by atoms with Crippen molar-refractivity contribution in [2.24, 2.45) is 4.99 Å². The van der Waals surface area contributed by atoms with E-state index < -0.39 is 0 Å². The first-order valence-corrected chi connectivity index (χ1v) is 7.92. The smallest absolute Gasteiger partial charge is 0.243 e. The minimum atomic E-state index is -0.0452. The van der Waals surface area contributed by atoms with Crippen molar-refractivity contribution in [2.75, 3.05) is 40.8 Å². The molecule has 0 spiro atoms. The molecule has 25 heavy (non-hydrogen) atoms. The Morgan fingerprint density at radius 3 is 2.56 bits per heavy atom.